The first-order valence-corrected chi connectivity index (χ1v) is 4.11. The molecule has 0 aliphatic heterocycles. The molecule has 0 rings (SSSR count). The van der Waals surface area contributed by atoms with Crippen molar-refractivity contribution in [1.29, 1.82) is 0 Å². The molecule has 0 aliphatic carbocycles. The minimum absolute atomic E-state index is 0.157. The SMILES string of the molecule is NCOC(=O)OCSS. The lowest BCUT2D eigenvalue weighted by molar-refractivity contribution is 0.0710. The Hall–Kier alpha value is -0.0700. The van der Waals surface area contributed by atoms with Gasteiger partial charge >= 0.3 is 6.16 Å². The quantitative estimate of drug-likeness (QED) is 0.280. The van der Waals surface area contributed by atoms with Gasteiger partial charge in [-0.25, -0.2) is 4.79 Å². The molecule has 0 saturated carbocycles. The van der Waals surface area contributed by atoms with E-state index in [1.165, 1.54) is 0 Å². The largest absolute Gasteiger partial charge is 0.510 e. The van der Waals surface area contributed by atoms with E-state index in [9.17, 15) is 4.79 Å². The van der Waals surface area contributed by atoms with Crippen LogP contribution in [0.15, 0.2) is 0 Å². The number of nitrogens with two attached hydrogens (primary N) is 1. The molecular weight excluding hydrogens is 162 g/mol. The first-order chi connectivity index (χ1) is 4.31. The van der Waals surface area contributed by atoms with Crippen molar-refractivity contribution >= 4 is 28.6 Å². The molecule has 0 aromatic rings. The molecule has 0 amide bonds. The Morgan fingerprint density at radius 2 is 2.33 bits per heavy atom. The fraction of sp³-hybridized carbons (Fsp3) is 0.667. The number of hydrogen-bond donors (Lipinski definition) is 2. The summed E-state index contributed by atoms with van der Waals surface area (Å²) in [6, 6.07) is 0. The second-order valence-electron chi connectivity index (χ2n) is 0.952. The Bertz CT molecular complexity index is 89.1. The Balaban J connectivity index is 3.06. The zero-order valence-corrected chi connectivity index (χ0v) is 6.28. The van der Waals surface area contributed by atoms with E-state index in [1.54, 1.807) is 0 Å². The molecule has 0 radical (unpaired) electrons. The summed E-state index contributed by atoms with van der Waals surface area (Å²) in [7, 11) is 1.09. The molecule has 0 bridgehead atoms. The third-order valence-electron chi connectivity index (χ3n) is 0.431. The number of rotatable bonds is 3. The Labute approximate surface area is 61.9 Å². The third-order valence-corrected chi connectivity index (χ3v) is 0.970. The standard InChI is InChI=1S/C3H7NO3S2/c4-1-6-3(5)7-2-9-8/h8H,1-2,4H2. The van der Waals surface area contributed by atoms with Crippen molar-refractivity contribution in [3.63, 3.8) is 0 Å². The van der Waals surface area contributed by atoms with Crippen molar-refractivity contribution < 1.29 is 14.3 Å². The zero-order valence-electron chi connectivity index (χ0n) is 4.57. The van der Waals surface area contributed by atoms with Gasteiger partial charge in [-0.2, -0.15) is 0 Å². The number of thiol groups is 1. The maximum Gasteiger partial charge on any atom is 0.510 e. The molecule has 0 fully saturated rings. The molecule has 0 aromatic heterocycles. The third kappa shape index (κ3) is 5.81. The molecule has 0 saturated heterocycles. The van der Waals surface area contributed by atoms with Crippen LogP contribution in [0.4, 0.5) is 4.79 Å². The molecule has 4 nitrogen and oxygen atoms in total. The smallest absolute Gasteiger partial charge is 0.422 e. The molecule has 0 spiro atoms. The Morgan fingerprint density at radius 3 is 2.78 bits per heavy atom. The first kappa shape index (κ1) is 8.93. The summed E-state index contributed by atoms with van der Waals surface area (Å²) in [6.45, 7) is -0.157. The molecule has 0 atom stereocenters. The maximum atomic E-state index is 10.2. The summed E-state index contributed by atoms with van der Waals surface area (Å²) in [4.78, 5) is 10.2. The van der Waals surface area contributed by atoms with Crippen molar-refractivity contribution in [1.82, 2.24) is 0 Å². The van der Waals surface area contributed by atoms with Gasteiger partial charge in [0.25, 0.3) is 0 Å². The summed E-state index contributed by atoms with van der Waals surface area (Å²) in [5.74, 6) is 0.169. The molecular formula is C3H7NO3S2. The predicted molar refractivity (Wildman–Crippen MR) is 38.1 cm³/mol. The van der Waals surface area contributed by atoms with E-state index in [0.29, 0.717) is 0 Å². The predicted octanol–water partition coefficient (Wildman–Crippen LogP) is 0.591. The van der Waals surface area contributed by atoms with E-state index >= 15 is 0 Å². The Morgan fingerprint density at radius 1 is 1.67 bits per heavy atom. The molecule has 0 heterocycles. The van der Waals surface area contributed by atoms with E-state index in [-0.39, 0.29) is 12.7 Å². The molecule has 54 valence electrons. The summed E-state index contributed by atoms with van der Waals surface area (Å²) in [6.07, 6.45) is -0.765. The highest BCUT2D eigenvalue weighted by atomic mass is 33.1. The van der Waals surface area contributed by atoms with Crippen LogP contribution in [0, 0.1) is 0 Å². The number of hydrogen-bond acceptors (Lipinski definition) is 6. The number of carbonyl (C=O) groups excluding carboxylic acids is 1. The van der Waals surface area contributed by atoms with E-state index in [1.807, 2.05) is 0 Å². The molecule has 0 aliphatic rings. The summed E-state index contributed by atoms with van der Waals surface area (Å²) in [5, 5.41) is 0. The van der Waals surface area contributed by atoms with Crippen LogP contribution in [-0.2, 0) is 9.47 Å². The highest BCUT2D eigenvalue weighted by molar-refractivity contribution is 8.68. The highest BCUT2D eigenvalue weighted by Crippen LogP contribution is 2.04. The average Bonchev–Trinajstić information content (AvgIpc) is 1.85. The molecule has 0 unspecified atom stereocenters. The van der Waals surface area contributed by atoms with Crippen LogP contribution in [0.2, 0.25) is 0 Å². The summed E-state index contributed by atoms with van der Waals surface area (Å²) < 4.78 is 8.59. The lowest BCUT2D eigenvalue weighted by atomic mass is 11.2. The van der Waals surface area contributed by atoms with Crippen LogP contribution >= 0.6 is 22.5 Å². The van der Waals surface area contributed by atoms with Crippen molar-refractivity contribution in [3.05, 3.63) is 0 Å². The van der Waals surface area contributed by atoms with Gasteiger partial charge in [-0.1, -0.05) is 10.8 Å². The van der Waals surface area contributed by atoms with Crippen LogP contribution in [0.1, 0.15) is 0 Å². The van der Waals surface area contributed by atoms with Crippen LogP contribution in [0.5, 0.6) is 0 Å². The van der Waals surface area contributed by atoms with E-state index in [4.69, 9.17) is 5.73 Å². The fourth-order valence-corrected chi connectivity index (χ4v) is 0.491. The van der Waals surface area contributed by atoms with Gasteiger partial charge in [0.1, 0.15) is 6.73 Å². The second kappa shape index (κ2) is 6.06. The number of carbonyl (C=O) groups is 1. The van der Waals surface area contributed by atoms with Gasteiger partial charge in [-0.15, -0.1) is 11.7 Å². The van der Waals surface area contributed by atoms with Crippen LogP contribution in [0.25, 0.3) is 0 Å². The van der Waals surface area contributed by atoms with Crippen LogP contribution < -0.4 is 5.73 Å². The zero-order chi connectivity index (χ0) is 7.11. The second-order valence-corrected chi connectivity index (χ2v) is 2.22. The minimum atomic E-state index is -0.765. The lowest BCUT2D eigenvalue weighted by Gasteiger charge is -1.99. The lowest BCUT2D eigenvalue weighted by Crippen LogP contribution is -2.12. The van der Waals surface area contributed by atoms with E-state index in [2.05, 4.69) is 21.1 Å². The van der Waals surface area contributed by atoms with E-state index in [0.717, 1.165) is 10.8 Å². The molecule has 9 heavy (non-hydrogen) atoms. The van der Waals surface area contributed by atoms with Crippen LogP contribution in [-0.4, -0.2) is 18.8 Å². The number of ether oxygens (including phenoxy) is 2. The minimum Gasteiger partial charge on any atom is -0.422 e. The fourth-order valence-electron chi connectivity index (χ4n) is 0.184. The van der Waals surface area contributed by atoms with Gasteiger partial charge in [-0.3, -0.25) is 5.73 Å². The maximum absolute atomic E-state index is 10.2. The molecule has 0 aromatic carbocycles. The van der Waals surface area contributed by atoms with Gasteiger partial charge in [0, 0.05) is 0 Å². The normalized spacial score (nSPS) is 8.67. The van der Waals surface area contributed by atoms with Gasteiger partial charge < -0.3 is 9.47 Å². The topological polar surface area (TPSA) is 61.5 Å². The van der Waals surface area contributed by atoms with E-state index < -0.39 is 6.16 Å². The van der Waals surface area contributed by atoms with Gasteiger partial charge in [0.2, 0.25) is 0 Å². The summed E-state index contributed by atoms with van der Waals surface area (Å²) >= 11 is 3.72. The Kier molecular flexibility index (Phi) is 6.01. The van der Waals surface area contributed by atoms with Crippen LogP contribution in [0.3, 0.4) is 0 Å². The van der Waals surface area contributed by atoms with Crippen molar-refractivity contribution in [2.24, 2.45) is 5.73 Å². The van der Waals surface area contributed by atoms with Crippen molar-refractivity contribution in [2.45, 2.75) is 0 Å². The van der Waals surface area contributed by atoms with Crippen molar-refractivity contribution in [2.75, 3.05) is 12.7 Å². The van der Waals surface area contributed by atoms with Gasteiger partial charge in [-0.05, 0) is 0 Å². The first-order valence-electron chi connectivity index (χ1n) is 2.07. The van der Waals surface area contributed by atoms with Gasteiger partial charge in [0.15, 0.2) is 5.94 Å². The molecule has 6 heteroatoms. The highest BCUT2D eigenvalue weighted by Gasteiger charge is 1.98. The monoisotopic (exact) mass is 169 g/mol. The molecule has 2 N–H and O–H groups in total. The average molecular weight is 169 g/mol. The van der Waals surface area contributed by atoms with Crippen molar-refractivity contribution in [3.8, 4) is 0 Å². The summed E-state index contributed by atoms with van der Waals surface area (Å²) in [5.41, 5.74) is 4.85. The van der Waals surface area contributed by atoms with Gasteiger partial charge in [0.05, 0.1) is 0 Å².